The molecule has 0 aliphatic rings. The molecule has 27 heavy (non-hydrogen) atoms. The molecule has 0 fully saturated rings. The monoisotopic (exact) mass is 398 g/mol. The summed E-state index contributed by atoms with van der Waals surface area (Å²) in [7, 11) is -4.60. The molecule has 0 aliphatic heterocycles. The number of unbranched alkanes of at least 4 members (excludes halogenated alkanes) is 1. The number of phosphoric acid groups is 1. The fraction of sp³-hybridized carbons (Fsp3) is 0.727. The van der Waals surface area contributed by atoms with Crippen molar-refractivity contribution in [2.75, 3.05) is 0 Å². The van der Waals surface area contributed by atoms with E-state index in [2.05, 4.69) is 54.5 Å². The van der Waals surface area contributed by atoms with Crippen LogP contribution in [-0.2, 0) is 14.5 Å². The summed E-state index contributed by atoms with van der Waals surface area (Å²) >= 11 is 0. The Morgan fingerprint density at radius 3 is 2.15 bits per heavy atom. The average Bonchev–Trinajstić information content (AvgIpc) is 2.51. The molecule has 2 unspecified atom stereocenters. The van der Waals surface area contributed by atoms with Gasteiger partial charge in [-0.1, -0.05) is 92.0 Å². The molecule has 0 saturated carbocycles. The minimum absolute atomic E-state index is 0.0733. The normalized spacial score (nSPS) is 15.6. The lowest BCUT2D eigenvalue weighted by Gasteiger charge is -2.37. The molecule has 2 atom stereocenters. The predicted molar refractivity (Wildman–Crippen MR) is 113 cm³/mol. The van der Waals surface area contributed by atoms with Crippen molar-refractivity contribution in [1.82, 2.24) is 0 Å². The number of rotatable bonds is 10. The van der Waals surface area contributed by atoms with Crippen LogP contribution in [0.15, 0.2) is 24.3 Å². The van der Waals surface area contributed by atoms with Gasteiger partial charge in [-0.25, -0.2) is 4.57 Å². The van der Waals surface area contributed by atoms with Crippen molar-refractivity contribution < 1.29 is 18.9 Å². The Morgan fingerprint density at radius 2 is 1.67 bits per heavy atom. The Labute approximate surface area is 166 Å². The zero-order valence-corrected chi connectivity index (χ0v) is 19.1. The maximum Gasteiger partial charge on any atom is 0.470 e. The van der Waals surface area contributed by atoms with Crippen molar-refractivity contribution in [3.05, 3.63) is 35.4 Å². The van der Waals surface area contributed by atoms with Crippen molar-refractivity contribution in [2.45, 2.75) is 92.1 Å². The summed E-state index contributed by atoms with van der Waals surface area (Å²) < 4.78 is 17.2. The van der Waals surface area contributed by atoms with E-state index in [-0.39, 0.29) is 16.7 Å². The second-order valence-corrected chi connectivity index (χ2v) is 10.7. The van der Waals surface area contributed by atoms with E-state index >= 15 is 0 Å². The van der Waals surface area contributed by atoms with Crippen molar-refractivity contribution >= 4 is 7.82 Å². The van der Waals surface area contributed by atoms with Crippen LogP contribution in [0.1, 0.15) is 97.8 Å². The van der Waals surface area contributed by atoms with Crippen molar-refractivity contribution in [3.8, 4) is 0 Å². The SMILES string of the molecule is CCCCC(CC)C(OP(=O)(O)O)c1ccccc1C(C)(C)CC(C)(C)C. The summed E-state index contributed by atoms with van der Waals surface area (Å²) in [4.78, 5) is 19.2. The first-order valence-electron chi connectivity index (χ1n) is 10.1. The molecule has 1 rings (SSSR count). The lowest BCUT2D eigenvalue weighted by Crippen LogP contribution is -2.28. The van der Waals surface area contributed by atoms with Gasteiger partial charge in [0.2, 0.25) is 0 Å². The second-order valence-electron chi connectivity index (χ2n) is 9.54. The van der Waals surface area contributed by atoms with Gasteiger partial charge in [-0.2, -0.15) is 0 Å². The fourth-order valence-electron chi connectivity index (χ4n) is 4.36. The molecule has 0 radical (unpaired) electrons. The first-order valence-corrected chi connectivity index (χ1v) is 11.7. The molecule has 0 aliphatic carbocycles. The van der Waals surface area contributed by atoms with Crippen LogP contribution in [0.25, 0.3) is 0 Å². The number of benzene rings is 1. The summed E-state index contributed by atoms with van der Waals surface area (Å²) in [5.41, 5.74) is 2.04. The highest BCUT2D eigenvalue weighted by molar-refractivity contribution is 7.46. The van der Waals surface area contributed by atoms with E-state index in [1.54, 1.807) is 0 Å². The molecule has 4 nitrogen and oxygen atoms in total. The third-order valence-electron chi connectivity index (χ3n) is 5.10. The Bertz CT molecular complexity index is 627. The highest BCUT2D eigenvalue weighted by Crippen LogP contribution is 2.49. The van der Waals surface area contributed by atoms with E-state index < -0.39 is 13.9 Å². The van der Waals surface area contributed by atoms with Crippen LogP contribution < -0.4 is 0 Å². The molecule has 2 N–H and O–H groups in total. The summed E-state index contributed by atoms with van der Waals surface area (Å²) in [6.45, 7) is 15.3. The lowest BCUT2D eigenvalue weighted by molar-refractivity contribution is 0.0790. The smallest absolute Gasteiger partial charge is 0.303 e. The predicted octanol–water partition coefficient (Wildman–Crippen LogP) is 6.77. The molecule has 0 bridgehead atoms. The lowest BCUT2D eigenvalue weighted by atomic mass is 9.70. The highest BCUT2D eigenvalue weighted by Gasteiger charge is 2.35. The van der Waals surface area contributed by atoms with Crippen LogP contribution in [0, 0.1) is 11.3 Å². The number of hydrogen-bond acceptors (Lipinski definition) is 2. The summed E-state index contributed by atoms with van der Waals surface area (Å²) in [6.07, 6.45) is 4.15. The summed E-state index contributed by atoms with van der Waals surface area (Å²) in [5.74, 6) is 0.0733. The van der Waals surface area contributed by atoms with Gasteiger partial charge in [0.25, 0.3) is 0 Å². The minimum atomic E-state index is -4.60. The fourth-order valence-corrected chi connectivity index (χ4v) is 4.94. The standard InChI is InChI=1S/C22H39O4P/c1-8-10-13-17(9-2)20(26-27(23,24)25)18-14-11-12-15-19(18)22(6,7)16-21(3,4)5/h11-12,14-15,17,20H,8-10,13,16H2,1-7H3,(H2,23,24,25). The van der Waals surface area contributed by atoms with Crippen molar-refractivity contribution in [3.63, 3.8) is 0 Å². The maximum absolute atomic E-state index is 11.8. The Hall–Kier alpha value is -0.670. The molecule has 0 heterocycles. The zero-order chi connectivity index (χ0) is 20.9. The Morgan fingerprint density at radius 1 is 1.07 bits per heavy atom. The van der Waals surface area contributed by atoms with Gasteiger partial charge in [-0.15, -0.1) is 0 Å². The van der Waals surface area contributed by atoms with Crippen LogP contribution in [-0.4, -0.2) is 9.79 Å². The first kappa shape index (κ1) is 24.4. The number of phosphoric ester groups is 1. The molecule has 1 aromatic rings. The van der Waals surface area contributed by atoms with Gasteiger partial charge in [0.1, 0.15) is 0 Å². The topological polar surface area (TPSA) is 66.8 Å². The van der Waals surface area contributed by atoms with Gasteiger partial charge in [-0.3, -0.25) is 4.52 Å². The molecule has 5 heteroatoms. The van der Waals surface area contributed by atoms with Gasteiger partial charge in [0, 0.05) is 0 Å². The van der Waals surface area contributed by atoms with Crippen molar-refractivity contribution in [2.24, 2.45) is 11.3 Å². The van der Waals surface area contributed by atoms with Crippen LogP contribution in [0.5, 0.6) is 0 Å². The van der Waals surface area contributed by atoms with E-state index in [0.717, 1.165) is 43.2 Å². The third-order valence-corrected chi connectivity index (χ3v) is 5.60. The molecular weight excluding hydrogens is 359 g/mol. The van der Waals surface area contributed by atoms with E-state index in [9.17, 15) is 14.4 Å². The quantitative estimate of drug-likeness (QED) is 0.427. The molecule has 0 amide bonds. The van der Waals surface area contributed by atoms with Gasteiger partial charge < -0.3 is 9.79 Å². The van der Waals surface area contributed by atoms with Gasteiger partial charge in [0.05, 0.1) is 6.10 Å². The summed E-state index contributed by atoms with van der Waals surface area (Å²) in [5, 5.41) is 0. The molecular formula is C22H39O4P. The second kappa shape index (κ2) is 9.69. The third kappa shape index (κ3) is 8.07. The van der Waals surface area contributed by atoms with Crippen molar-refractivity contribution in [1.29, 1.82) is 0 Å². The van der Waals surface area contributed by atoms with E-state index in [4.69, 9.17) is 4.52 Å². The molecule has 0 aromatic heterocycles. The van der Waals surface area contributed by atoms with E-state index in [0.29, 0.717) is 0 Å². The molecule has 156 valence electrons. The van der Waals surface area contributed by atoms with Gasteiger partial charge >= 0.3 is 7.82 Å². The van der Waals surface area contributed by atoms with Crippen LogP contribution in [0.2, 0.25) is 0 Å². The number of hydrogen-bond donors (Lipinski definition) is 2. The Kier molecular flexibility index (Phi) is 8.75. The van der Waals surface area contributed by atoms with E-state index in [1.807, 2.05) is 18.2 Å². The zero-order valence-electron chi connectivity index (χ0n) is 18.2. The van der Waals surface area contributed by atoms with Crippen LogP contribution in [0.4, 0.5) is 0 Å². The average molecular weight is 399 g/mol. The molecule has 0 saturated heterocycles. The van der Waals surface area contributed by atoms with Crippen LogP contribution >= 0.6 is 7.82 Å². The van der Waals surface area contributed by atoms with Gasteiger partial charge in [0.15, 0.2) is 0 Å². The van der Waals surface area contributed by atoms with Crippen LogP contribution in [0.3, 0.4) is 0 Å². The van der Waals surface area contributed by atoms with Gasteiger partial charge in [-0.05, 0) is 40.7 Å². The Balaban J connectivity index is 3.43. The van der Waals surface area contributed by atoms with E-state index in [1.165, 1.54) is 0 Å². The summed E-state index contributed by atoms with van der Waals surface area (Å²) in [6, 6.07) is 8.01. The maximum atomic E-state index is 11.8. The molecule has 0 spiro atoms. The first-order chi connectivity index (χ1) is 12.3. The minimum Gasteiger partial charge on any atom is -0.303 e. The molecule has 1 aromatic carbocycles. The highest BCUT2D eigenvalue weighted by atomic mass is 31.2. The largest absolute Gasteiger partial charge is 0.470 e.